The van der Waals surface area contributed by atoms with Crippen LogP contribution in [-0.2, 0) is 4.79 Å². The molecule has 3 aromatic rings. The van der Waals surface area contributed by atoms with E-state index in [1.165, 1.54) is 0 Å². The van der Waals surface area contributed by atoms with Crippen molar-refractivity contribution >= 4 is 23.5 Å². The van der Waals surface area contributed by atoms with Gasteiger partial charge < -0.3 is 0 Å². The van der Waals surface area contributed by atoms with E-state index >= 15 is 0 Å². The number of aliphatic imine (C=N–C) groups is 1. The molecule has 1 heterocycles. The summed E-state index contributed by atoms with van der Waals surface area (Å²) in [5, 5.41) is 0. The molecule has 0 spiro atoms. The molecule has 0 atom stereocenters. The van der Waals surface area contributed by atoms with Crippen LogP contribution in [0, 0.1) is 6.92 Å². The SMILES string of the molecule is Cc1ccc(N2C(=O)/C(=C\c3ccccc3)N=C2c2ccccc2)cc1. The first-order chi connectivity index (χ1) is 12.7. The molecular weight excluding hydrogens is 320 g/mol. The van der Waals surface area contributed by atoms with E-state index in [0.717, 1.165) is 22.4 Å². The molecule has 0 saturated heterocycles. The third-order valence-corrected chi connectivity index (χ3v) is 4.29. The molecule has 3 nitrogen and oxygen atoms in total. The third-order valence-electron chi connectivity index (χ3n) is 4.29. The number of hydrogen-bond donors (Lipinski definition) is 0. The number of nitrogens with zero attached hydrogens (tertiary/aromatic N) is 2. The summed E-state index contributed by atoms with van der Waals surface area (Å²) in [6, 6.07) is 27.5. The number of anilines is 1. The molecule has 0 N–H and O–H groups in total. The summed E-state index contributed by atoms with van der Waals surface area (Å²) in [6.45, 7) is 2.03. The lowest BCUT2D eigenvalue weighted by Gasteiger charge is -2.18. The average molecular weight is 338 g/mol. The van der Waals surface area contributed by atoms with Crippen molar-refractivity contribution < 1.29 is 4.79 Å². The van der Waals surface area contributed by atoms with Crippen molar-refractivity contribution in [2.45, 2.75) is 6.92 Å². The molecule has 1 aliphatic rings. The highest BCUT2D eigenvalue weighted by atomic mass is 16.2. The van der Waals surface area contributed by atoms with E-state index in [1.54, 1.807) is 4.90 Å². The second-order valence-corrected chi connectivity index (χ2v) is 6.22. The van der Waals surface area contributed by atoms with Crippen LogP contribution in [0.15, 0.2) is 95.6 Å². The van der Waals surface area contributed by atoms with Gasteiger partial charge in [0, 0.05) is 5.56 Å². The summed E-state index contributed by atoms with van der Waals surface area (Å²) in [7, 11) is 0. The lowest BCUT2D eigenvalue weighted by atomic mass is 10.1. The third kappa shape index (κ3) is 3.07. The van der Waals surface area contributed by atoms with Crippen molar-refractivity contribution in [3.63, 3.8) is 0 Å². The van der Waals surface area contributed by atoms with Gasteiger partial charge in [-0.05, 0) is 30.7 Å². The molecule has 0 aliphatic carbocycles. The minimum atomic E-state index is -0.114. The molecule has 3 heteroatoms. The van der Waals surface area contributed by atoms with Gasteiger partial charge in [-0.1, -0.05) is 78.4 Å². The van der Waals surface area contributed by atoms with Crippen molar-refractivity contribution in [1.29, 1.82) is 0 Å². The van der Waals surface area contributed by atoms with Crippen LogP contribution >= 0.6 is 0 Å². The maximum Gasteiger partial charge on any atom is 0.282 e. The highest BCUT2D eigenvalue weighted by Gasteiger charge is 2.32. The van der Waals surface area contributed by atoms with Crippen molar-refractivity contribution in [2.75, 3.05) is 4.90 Å². The van der Waals surface area contributed by atoms with Gasteiger partial charge in [0.15, 0.2) is 0 Å². The summed E-state index contributed by atoms with van der Waals surface area (Å²) < 4.78 is 0. The minimum absolute atomic E-state index is 0.114. The van der Waals surface area contributed by atoms with E-state index in [2.05, 4.69) is 4.99 Å². The fraction of sp³-hybridized carbons (Fsp3) is 0.0435. The first-order valence-corrected chi connectivity index (χ1v) is 8.54. The Balaban J connectivity index is 1.82. The number of carbonyl (C=O) groups is 1. The fourth-order valence-electron chi connectivity index (χ4n) is 2.94. The predicted octanol–water partition coefficient (Wildman–Crippen LogP) is 4.83. The van der Waals surface area contributed by atoms with E-state index in [4.69, 9.17) is 0 Å². The maximum atomic E-state index is 13.1. The van der Waals surface area contributed by atoms with Gasteiger partial charge >= 0.3 is 0 Å². The van der Waals surface area contributed by atoms with Crippen LogP contribution in [0.1, 0.15) is 16.7 Å². The highest BCUT2D eigenvalue weighted by Crippen LogP contribution is 2.28. The Labute approximate surface area is 152 Å². The zero-order chi connectivity index (χ0) is 17.9. The first kappa shape index (κ1) is 16.0. The number of aryl methyl sites for hydroxylation is 1. The van der Waals surface area contributed by atoms with E-state index in [0.29, 0.717) is 11.5 Å². The molecule has 1 amide bonds. The van der Waals surface area contributed by atoms with Crippen LogP contribution < -0.4 is 4.90 Å². The predicted molar refractivity (Wildman–Crippen MR) is 106 cm³/mol. The van der Waals surface area contributed by atoms with Crippen LogP contribution in [-0.4, -0.2) is 11.7 Å². The van der Waals surface area contributed by atoms with E-state index in [-0.39, 0.29) is 5.91 Å². The summed E-state index contributed by atoms with van der Waals surface area (Å²) in [5.74, 6) is 0.540. The normalized spacial score (nSPS) is 15.4. The van der Waals surface area contributed by atoms with Crippen LogP contribution in [0.3, 0.4) is 0 Å². The Kier molecular flexibility index (Phi) is 4.20. The van der Waals surface area contributed by atoms with Gasteiger partial charge in [-0.2, -0.15) is 0 Å². The molecule has 1 aliphatic heterocycles. The van der Waals surface area contributed by atoms with Crippen LogP contribution in [0.4, 0.5) is 5.69 Å². The smallest absolute Gasteiger partial charge is 0.266 e. The molecular formula is C23H18N2O. The number of hydrogen-bond acceptors (Lipinski definition) is 2. The van der Waals surface area contributed by atoms with Gasteiger partial charge in [0.05, 0.1) is 5.69 Å². The van der Waals surface area contributed by atoms with E-state index in [9.17, 15) is 4.79 Å². The summed E-state index contributed by atoms with van der Waals surface area (Å²) in [4.78, 5) is 19.5. The zero-order valence-electron chi connectivity index (χ0n) is 14.5. The van der Waals surface area contributed by atoms with Gasteiger partial charge in [-0.25, -0.2) is 4.99 Å². The molecule has 0 bridgehead atoms. The Morgan fingerprint density at radius 2 is 1.42 bits per heavy atom. The van der Waals surface area contributed by atoms with Crippen molar-refractivity contribution in [2.24, 2.45) is 4.99 Å². The lowest BCUT2D eigenvalue weighted by Crippen LogP contribution is -2.32. The number of amidine groups is 1. The van der Waals surface area contributed by atoms with Gasteiger partial charge in [0.2, 0.25) is 0 Å². The monoisotopic (exact) mass is 338 g/mol. The summed E-state index contributed by atoms with van der Waals surface area (Å²) in [5.41, 5.74) is 4.28. The van der Waals surface area contributed by atoms with Crippen LogP contribution in [0.25, 0.3) is 6.08 Å². The molecule has 126 valence electrons. The van der Waals surface area contributed by atoms with Crippen molar-refractivity contribution in [3.8, 4) is 0 Å². The number of carbonyl (C=O) groups excluding carboxylic acids is 1. The number of amides is 1. The van der Waals surface area contributed by atoms with E-state index < -0.39 is 0 Å². The standard InChI is InChI=1S/C23H18N2O/c1-17-12-14-20(15-13-17)25-22(19-10-6-3-7-11-19)24-21(23(25)26)16-18-8-4-2-5-9-18/h2-16H,1H3/b21-16+. The van der Waals surface area contributed by atoms with Crippen molar-refractivity contribution in [3.05, 3.63) is 107 Å². The Hall–Kier alpha value is -3.46. The Morgan fingerprint density at radius 1 is 0.808 bits per heavy atom. The average Bonchev–Trinajstić information content (AvgIpc) is 3.00. The van der Waals surface area contributed by atoms with Gasteiger partial charge in [-0.3, -0.25) is 9.69 Å². The second-order valence-electron chi connectivity index (χ2n) is 6.22. The molecule has 4 rings (SSSR count). The lowest BCUT2D eigenvalue weighted by molar-refractivity contribution is -0.113. The highest BCUT2D eigenvalue weighted by molar-refractivity contribution is 6.33. The summed E-state index contributed by atoms with van der Waals surface area (Å²) >= 11 is 0. The quantitative estimate of drug-likeness (QED) is 0.630. The van der Waals surface area contributed by atoms with Gasteiger partial charge in [0.25, 0.3) is 5.91 Å². The Bertz CT molecular complexity index is 987. The van der Waals surface area contributed by atoms with Crippen LogP contribution in [0.2, 0.25) is 0 Å². The molecule has 0 unspecified atom stereocenters. The second kappa shape index (κ2) is 6.81. The topological polar surface area (TPSA) is 32.7 Å². The molecule has 0 radical (unpaired) electrons. The number of rotatable bonds is 3. The zero-order valence-corrected chi connectivity index (χ0v) is 14.5. The molecule has 0 fully saturated rings. The van der Waals surface area contributed by atoms with Gasteiger partial charge in [-0.15, -0.1) is 0 Å². The van der Waals surface area contributed by atoms with E-state index in [1.807, 2.05) is 97.9 Å². The fourth-order valence-corrected chi connectivity index (χ4v) is 2.94. The molecule has 0 aromatic heterocycles. The maximum absolute atomic E-state index is 13.1. The molecule has 26 heavy (non-hydrogen) atoms. The van der Waals surface area contributed by atoms with Crippen LogP contribution in [0.5, 0.6) is 0 Å². The number of benzene rings is 3. The first-order valence-electron chi connectivity index (χ1n) is 8.54. The Morgan fingerprint density at radius 3 is 2.08 bits per heavy atom. The minimum Gasteiger partial charge on any atom is -0.266 e. The molecule has 3 aromatic carbocycles. The summed E-state index contributed by atoms with van der Waals surface area (Å²) in [6.07, 6.45) is 1.83. The largest absolute Gasteiger partial charge is 0.282 e. The van der Waals surface area contributed by atoms with Crippen molar-refractivity contribution in [1.82, 2.24) is 0 Å². The molecule has 0 saturated carbocycles. The van der Waals surface area contributed by atoms with Gasteiger partial charge in [0.1, 0.15) is 11.5 Å².